The van der Waals surface area contributed by atoms with Gasteiger partial charge in [-0.05, 0) is 36.5 Å². The van der Waals surface area contributed by atoms with Crippen molar-refractivity contribution in [2.24, 2.45) is 5.92 Å². The quantitative estimate of drug-likeness (QED) is 0.713. The molecule has 1 aromatic carbocycles. The highest BCUT2D eigenvalue weighted by Gasteiger charge is 2.01. The molecule has 1 nitrogen and oxygen atoms in total. The lowest BCUT2D eigenvalue weighted by Gasteiger charge is -2.05. The number of hydrogen-bond donors (Lipinski definition) is 1. The van der Waals surface area contributed by atoms with E-state index < -0.39 is 0 Å². The molecule has 0 saturated heterocycles. The Kier molecular flexibility index (Phi) is 3.29. The predicted molar refractivity (Wildman–Crippen MR) is 54.0 cm³/mol. The molecule has 0 fully saturated rings. The van der Waals surface area contributed by atoms with Gasteiger partial charge < -0.3 is 5.73 Å². The van der Waals surface area contributed by atoms with Crippen molar-refractivity contribution >= 4 is 5.69 Å². The van der Waals surface area contributed by atoms with E-state index in [1.54, 1.807) is 6.07 Å². The fraction of sp³-hybridized carbons (Fsp3) is 0.455. The molecule has 0 aliphatic carbocycles. The summed E-state index contributed by atoms with van der Waals surface area (Å²) in [4.78, 5) is 0. The van der Waals surface area contributed by atoms with Crippen LogP contribution in [0.4, 0.5) is 10.1 Å². The standard InChI is InChI=1S/C11H16FN/c1-8(2)3-4-9-5-6-11(13)10(12)7-9/h5-8H,3-4,13H2,1-2H3. The molecule has 0 atom stereocenters. The van der Waals surface area contributed by atoms with Gasteiger partial charge in [-0.25, -0.2) is 4.39 Å². The lowest BCUT2D eigenvalue weighted by molar-refractivity contribution is 0.582. The van der Waals surface area contributed by atoms with Crippen molar-refractivity contribution < 1.29 is 4.39 Å². The molecule has 0 radical (unpaired) electrons. The fourth-order valence-corrected chi connectivity index (χ4v) is 1.18. The van der Waals surface area contributed by atoms with Crippen LogP contribution >= 0.6 is 0 Å². The van der Waals surface area contributed by atoms with Gasteiger partial charge in [-0.15, -0.1) is 0 Å². The Morgan fingerprint density at radius 1 is 1.38 bits per heavy atom. The summed E-state index contributed by atoms with van der Waals surface area (Å²) in [5.41, 5.74) is 6.63. The summed E-state index contributed by atoms with van der Waals surface area (Å²) >= 11 is 0. The van der Waals surface area contributed by atoms with Gasteiger partial charge in [0.15, 0.2) is 0 Å². The lowest BCUT2D eigenvalue weighted by atomic mass is 10.0. The maximum atomic E-state index is 13.0. The smallest absolute Gasteiger partial charge is 0.146 e. The van der Waals surface area contributed by atoms with Gasteiger partial charge >= 0.3 is 0 Å². The van der Waals surface area contributed by atoms with Crippen LogP contribution in [0.25, 0.3) is 0 Å². The Balaban J connectivity index is 2.63. The molecule has 0 saturated carbocycles. The molecular weight excluding hydrogens is 165 g/mol. The molecular formula is C11H16FN. The molecule has 0 spiro atoms. The number of rotatable bonds is 3. The van der Waals surface area contributed by atoms with E-state index in [2.05, 4.69) is 13.8 Å². The fourth-order valence-electron chi connectivity index (χ4n) is 1.18. The Labute approximate surface area is 78.8 Å². The minimum atomic E-state index is -0.304. The van der Waals surface area contributed by atoms with Gasteiger partial charge in [0.1, 0.15) is 5.82 Å². The van der Waals surface area contributed by atoms with Gasteiger partial charge in [0, 0.05) is 0 Å². The van der Waals surface area contributed by atoms with Crippen LogP contribution in [0, 0.1) is 11.7 Å². The van der Waals surface area contributed by atoms with Crippen molar-refractivity contribution in [3.8, 4) is 0 Å². The first kappa shape index (κ1) is 10.0. The van der Waals surface area contributed by atoms with Gasteiger partial charge in [0.25, 0.3) is 0 Å². The van der Waals surface area contributed by atoms with E-state index in [9.17, 15) is 4.39 Å². The van der Waals surface area contributed by atoms with E-state index >= 15 is 0 Å². The van der Waals surface area contributed by atoms with Crippen LogP contribution in [0.15, 0.2) is 18.2 Å². The van der Waals surface area contributed by atoms with Crippen molar-refractivity contribution in [3.63, 3.8) is 0 Å². The van der Waals surface area contributed by atoms with Gasteiger partial charge in [0.05, 0.1) is 5.69 Å². The van der Waals surface area contributed by atoms with Crippen molar-refractivity contribution in [1.82, 2.24) is 0 Å². The SMILES string of the molecule is CC(C)CCc1ccc(N)c(F)c1. The average Bonchev–Trinajstić information content (AvgIpc) is 2.07. The first-order chi connectivity index (χ1) is 6.09. The van der Waals surface area contributed by atoms with Gasteiger partial charge in [-0.1, -0.05) is 19.9 Å². The first-order valence-corrected chi connectivity index (χ1v) is 4.63. The minimum absolute atomic E-state index is 0.230. The highest BCUT2D eigenvalue weighted by molar-refractivity contribution is 5.41. The second-order valence-corrected chi connectivity index (χ2v) is 3.79. The zero-order valence-electron chi connectivity index (χ0n) is 8.18. The molecule has 1 rings (SSSR count). The third-order valence-corrected chi connectivity index (χ3v) is 2.08. The van der Waals surface area contributed by atoms with Crippen LogP contribution in [0.1, 0.15) is 25.8 Å². The lowest BCUT2D eigenvalue weighted by Crippen LogP contribution is -1.95. The predicted octanol–water partition coefficient (Wildman–Crippen LogP) is 3.00. The zero-order valence-corrected chi connectivity index (χ0v) is 8.18. The normalized spacial score (nSPS) is 10.8. The van der Waals surface area contributed by atoms with E-state index in [1.807, 2.05) is 6.07 Å². The van der Waals surface area contributed by atoms with E-state index in [-0.39, 0.29) is 11.5 Å². The summed E-state index contributed by atoms with van der Waals surface area (Å²) in [5.74, 6) is 0.349. The first-order valence-electron chi connectivity index (χ1n) is 4.63. The molecule has 2 N–H and O–H groups in total. The van der Waals surface area contributed by atoms with E-state index in [4.69, 9.17) is 5.73 Å². The van der Waals surface area contributed by atoms with Gasteiger partial charge in [-0.3, -0.25) is 0 Å². The van der Waals surface area contributed by atoms with Crippen LogP contribution < -0.4 is 5.73 Å². The maximum Gasteiger partial charge on any atom is 0.146 e. The molecule has 0 aliphatic heterocycles. The molecule has 0 aliphatic rings. The topological polar surface area (TPSA) is 26.0 Å². The minimum Gasteiger partial charge on any atom is -0.396 e. The number of nitrogens with two attached hydrogens (primary N) is 1. The van der Waals surface area contributed by atoms with Crippen molar-refractivity contribution in [2.45, 2.75) is 26.7 Å². The van der Waals surface area contributed by atoms with Crippen LogP contribution in [0.3, 0.4) is 0 Å². The summed E-state index contributed by atoms with van der Waals surface area (Å²) in [5, 5.41) is 0. The van der Waals surface area contributed by atoms with Crippen LogP contribution in [0.2, 0.25) is 0 Å². The third kappa shape index (κ3) is 3.05. The van der Waals surface area contributed by atoms with Crippen LogP contribution in [-0.2, 0) is 6.42 Å². The molecule has 0 amide bonds. The third-order valence-electron chi connectivity index (χ3n) is 2.08. The average molecular weight is 181 g/mol. The molecule has 2 heteroatoms. The highest BCUT2D eigenvalue weighted by Crippen LogP contribution is 2.14. The number of hydrogen-bond acceptors (Lipinski definition) is 1. The molecule has 1 aromatic rings. The Morgan fingerprint density at radius 3 is 2.62 bits per heavy atom. The van der Waals surface area contributed by atoms with Crippen LogP contribution in [-0.4, -0.2) is 0 Å². The van der Waals surface area contributed by atoms with E-state index in [1.165, 1.54) is 6.07 Å². The van der Waals surface area contributed by atoms with Crippen molar-refractivity contribution in [3.05, 3.63) is 29.6 Å². The molecule has 0 aromatic heterocycles. The molecule has 13 heavy (non-hydrogen) atoms. The van der Waals surface area contributed by atoms with Crippen molar-refractivity contribution in [1.29, 1.82) is 0 Å². The Morgan fingerprint density at radius 2 is 2.08 bits per heavy atom. The summed E-state index contributed by atoms with van der Waals surface area (Å²) in [7, 11) is 0. The number of benzene rings is 1. The van der Waals surface area contributed by atoms with Gasteiger partial charge in [-0.2, -0.15) is 0 Å². The second-order valence-electron chi connectivity index (χ2n) is 3.79. The number of halogens is 1. The van der Waals surface area contributed by atoms with E-state index in [0.29, 0.717) is 5.92 Å². The molecule has 0 unspecified atom stereocenters. The molecule has 0 heterocycles. The van der Waals surface area contributed by atoms with Crippen LogP contribution in [0.5, 0.6) is 0 Å². The largest absolute Gasteiger partial charge is 0.396 e. The number of nitrogen functional groups attached to an aromatic ring is 1. The number of anilines is 1. The summed E-state index contributed by atoms with van der Waals surface area (Å²) < 4.78 is 13.0. The monoisotopic (exact) mass is 181 g/mol. The van der Waals surface area contributed by atoms with Gasteiger partial charge in [0.2, 0.25) is 0 Å². The Bertz CT molecular complexity index is 281. The summed E-state index contributed by atoms with van der Waals surface area (Å²) in [6.45, 7) is 4.32. The molecule has 0 bridgehead atoms. The summed E-state index contributed by atoms with van der Waals surface area (Å²) in [6, 6.07) is 5.05. The van der Waals surface area contributed by atoms with E-state index in [0.717, 1.165) is 18.4 Å². The number of aryl methyl sites for hydroxylation is 1. The Hall–Kier alpha value is -1.05. The zero-order chi connectivity index (χ0) is 9.84. The summed E-state index contributed by atoms with van der Waals surface area (Å²) in [6.07, 6.45) is 2.01. The second kappa shape index (κ2) is 4.26. The maximum absolute atomic E-state index is 13.0. The van der Waals surface area contributed by atoms with Crippen molar-refractivity contribution in [2.75, 3.05) is 5.73 Å². The highest BCUT2D eigenvalue weighted by atomic mass is 19.1. The molecule has 72 valence electrons.